The normalized spacial score (nSPS) is 21.3. The van der Waals surface area contributed by atoms with Crippen LogP contribution in [0.25, 0.3) is 0 Å². The smallest absolute Gasteiger partial charge is 0.0279 e. The monoisotopic (exact) mass is 324 g/mol. The van der Waals surface area contributed by atoms with Crippen molar-refractivity contribution in [2.24, 2.45) is 17.2 Å². The highest BCUT2D eigenvalue weighted by Crippen LogP contribution is 2.39. The highest BCUT2D eigenvalue weighted by atomic mass is 79.9. The first-order valence-electron chi connectivity index (χ1n) is 7.21. The van der Waals surface area contributed by atoms with Gasteiger partial charge in [-0.15, -0.1) is 0 Å². The van der Waals surface area contributed by atoms with Crippen LogP contribution in [0.5, 0.6) is 0 Å². The van der Waals surface area contributed by atoms with Gasteiger partial charge in [0.15, 0.2) is 0 Å². The zero-order chi connectivity index (χ0) is 13.9. The van der Waals surface area contributed by atoms with Crippen molar-refractivity contribution in [3.05, 3.63) is 34.3 Å². The molecule has 0 radical (unpaired) electrons. The highest BCUT2D eigenvalue weighted by molar-refractivity contribution is 9.10. The van der Waals surface area contributed by atoms with Gasteiger partial charge in [-0.05, 0) is 61.1 Å². The Kier molecular flexibility index (Phi) is 5.04. The number of rotatable bonds is 4. The highest BCUT2D eigenvalue weighted by Gasteiger charge is 2.30. The number of hydrogen-bond donors (Lipinski definition) is 2. The number of hydrazine groups is 1. The summed E-state index contributed by atoms with van der Waals surface area (Å²) in [5.74, 6) is 6.50. The molecule has 2 rings (SSSR count). The van der Waals surface area contributed by atoms with E-state index >= 15 is 0 Å². The van der Waals surface area contributed by atoms with Crippen LogP contribution in [0, 0.1) is 11.3 Å². The van der Waals surface area contributed by atoms with Crippen molar-refractivity contribution in [1.82, 2.24) is 5.43 Å². The predicted octanol–water partition coefficient (Wildman–Crippen LogP) is 4.04. The summed E-state index contributed by atoms with van der Waals surface area (Å²) in [6, 6.07) is 8.97. The Hall–Kier alpha value is -0.380. The summed E-state index contributed by atoms with van der Waals surface area (Å²) in [5.41, 5.74) is 4.93. The van der Waals surface area contributed by atoms with E-state index in [1.54, 1.807) is 0 Å². The molecule has 1 aliphatic carbocycles. The van der Waals surface area contributed by atoms with Gasteiger partial charge in [0, 0.05) is 10.5 Å². The topological polar surface area (TPSA) is 38.0 Å². The van der Waals surface area contributed by atoms with Crippen molar-refractivity contribution >= 4 is 15.9 Å². The molecule has 1 fully saturated rings. The van der Waals surface area contributed by atoms with E-state index in [0.29, 0.717) is 17.4 Å². The molecule has 1 atom stereocenters. The summed E-state index contributed by atoms with van der Waals surface area (Å²) in [6.07, 6.45) is 6.23. The molecule has 0 saturated heterocycles. The van der Waals surface area contributed by atoms with Crippen molar-refractivity contribution in [3.8, 4) is 0 Å². The molecule has 1 aliphatic rings. The van der Waals surface area contributed by atoms with Gasteiger partial charge in [0.1, 0.15) is 0 Å². The summed E-state index contributed by atoms with van der Waals surface area (Å²) in [7, 11) is 0. The maximum absolute atomic E-state index is 5.79. The lowest BCUT2D eigenvalue weighted by Gasteiger charge is -2.37. The standard InChI is InChI=1S/C16H25BrN2/c1-16(2)9-7-13(8-10-16)15(19-18)11-12-3-5-14(17)6-4-12/h3-6,13,15,19H,7-11,18H2,1-2H3. The third-order valence-corrected chi connectivity index (χ3v) is 5.06. The van der Waals surface area contributed by atoms with E-state index in [1.165, 1.54) is 31.2 Å². The summed E-state index contributed by atoms with van der Waals surface area (Å²) >= 11 is 3.48. The average Bonchev–Trinajstić information content (AvgIpc) is 2.39. The molecule has 1 saturated carbocycles. The van der Waals surface area contributed by atoms with Crippen LogP contribution in [0.3, 0.4) is 0 Å². The van der Waals surface area contributed by atoms with Crippen LogP contribution in [0.15, 0.2) is 28.7 Å². The maximum atomic E-state index is 5.79. The number of nitrogens with two attached hydrogens (primary N) is 1. The largest absolute Gasteiger partial charge is 0.271 e. The molecule has 3 heteroatoms. The molecule has 0 heterocycles. The maximum Gasteiger partial charge on any atom is 0.0279 e. The molecular weight excluding hydrogens is 300 g/mol. The Bertz CT molecular complexity index is 390. The quantitative estimate of drug-likeness (QED) is 0.648. The van der Waals surface area contributed by atoms with Crippen LogP contribution in [0.2, 0.25) is 0 Å². The second-order valence-electron chi connectivity index (χ2n) is 6.61. The third-order valence-electron chi connectivity index (χ3n) is 4.54. The van der Waals surface area contributed by atoms with E-state index in [2.05, 4.69) is 59.5 Å². The Balaban J connectivity index is 1.95. The summed E-state index contributed by atoms with van der Waals surface area (Å²) in [4.78, 5) is 0. The first kappa shape index (κ1) is 15.0. The molecule has 3 N–H and O–H groups in total. The van der Waals surface area contributed by atoms with E-state index in [0.717, 1.165) is 10.9 Å². The molecule has 1 unspecified atom stereocenters. The summed E-state index contributed by atoms with van der Waals surface area (Å²) in [5, 5.41) is 0. The minimum Gasteiger partial charge on any atom is -0.271 e. The van der Waals surface area contributed by atoms with Gasteiger partial charge in [-0.1, -0.05) is 41.9 Å². The number of hydrogen-bond acceptors (Lipinski definition) is 2. The zero-order valence-electron chi connectivity index (χ0n) is 12.0. The van der Waals surface area contributed by atoms with E-state index in [1.807, 2.05) is 0 Å². The van der Waals surface area contributed by atoms with Crippen LogP contribution in [0.4, 0.5) is 0 Å². The number of benzene rings is 1. The molecule has 0 spiro atoms. The second kappa shape index (κ2) is 6.38. The van der Waals surface area contributed by atoms with Crippen molar-refractivity contribution < 1.29 is 0 Å². The van der Waals surface area contributed by atoms with Crippen LogP contribution in [0.1, 0.15) is 45.1 Å². The van der Waals surface area contributed by atoms with Gasteiger partial charge in [0.25, 0.3) is 0 Å². The molecule has 1 aromatic carbocycles. The van der Waals surface area contributed by atoms with Gasteiger partial charge in [-0.3, -0.25) is 11.3 Å². The van der Waals surface area contributed by atoms with Crippen LogP contribution >= 0.6 is 15.9 Å². The lowest BCUT2D eigenvalue weighted by Crippen LogP contribution is -2.44. The Morgan fingerprint density at radius 2 is 1.84 bits per heavy atom. The molecule has 19 heavy (non-hydrogen) atoms. The Labute approximate surface area is 125 Å². The van der Waals surface area contributed by atoms with Gasteiger partial charge in [-0.25, -0.2) is 0 Å². The SMILES string of the molecule is CC1(C)CCC(C(Cc2ccc(Br)cc2)NN)CC1. The van der Waals surface area contributed by atoms with Crippen molar-refractivity contribution in [2.45, 2.75) is 52.0 Å². The molecule has 0 aliphatic heterocycles. The van der Waals surface area contributed by atoms with Crippen molar-refractivity contribution in [1.29, 1.82) is 0 Å². The minimum atomic E-state index is 0.400. The fourth-order valence-corrected chi connectivity index (χ4v) is 3.32. The van der Waals surface area contributed by atoms with Gasteiger partial charge >= 0.3 is 0 Å². The fourth-order valence-electron chi connectivity index (χ4n) is 3.06. The molecule has 0 bridgehead atoms. The van der Waals surface area contributed by atoms with Gasteiger partial charge in [-0.2, -0.15) is 0 Å². The van der Waals surface area contributed by atoms with Crippen LogP contribution in [-0.2, 0) is 6.42 Å². The molecule has 0 aromatic heterocycles. The fraction of sp³-hybridized carbons (Fsp3) is 0.625. The van der Waals surface area contributed by atoms with Gasteiger partial charge in [0.05, 0.1) is 0 Å². The summed E-state index contributed by atoms with van der Waals surface area (Å²) < 4.78 is 1.13. The number of halogens is 1. The molecule has 1 aromatic rings. The van der Waals surface area contributed by atoms with Crippen molar-refractivity contribution in [3.63, 3.8) is 0 Å². The van der Waals surface area contributed by atoms with Gasteiger partial charge in [0.2, 0.25) is 0 Å². The lowest BCUT2D eigenvalue weighted by atomic mass is 9.70. The first-order valence-corrected chi connectivity index (χ1v) is 8.00. The number of nitrogens with one attached hydrogen (secondary N) is 1. The van der Waals surface area contributed by atoms with E-state index < -0.39 is 0 Å². The Morgan fingerprint density at radius 1 is 1.26 bits per heavy atom. The van der Waals surface area contributed by atoms with E-state index in [9.17, 15) is 0 Å². The second-order valence-corrected chi connectivity index (χ2v) is 7.52. The van der Waals surface area contributed by atoms with Gasteiger partial charge < -0.3 is 0 Å². The van der Waals surface area contributed by atoms with E-state index in [-0.39, 0.29) is 0 Å². The zero-order valence-corrected chi connectivity index (χ0v) is 13.5. The predicted molar refractivity (Wildman–Crippen MR) is 84.7 cm³/mol. The average molecular weight is 325 g/mol. The van der Waals surface area contributed by atoms with Crippen LogP contribution < -0.4 is 11.3 Å². The lowest BCUT2D eigenvalue weighted by molar-refractivity contribution is 0.161. The van der Waals surface area contributed by atoms with Crippen LogP contribution in [-0.4, -0.2) is 6.04 Å². The van der Waals surface area contributed by atoms with E-state index in [4.69, 9.17) is 5.84 Å². The summed E-state index contributed by atoms with van der Waals surface area (Å²) in [6.45, 7) is 4.76. The molecule has 2 nitrogen and oxygen atoms in total. The van der Waals surface area contributed by atoms with Crippen molar-refractivity contribution in [2.75, 3.05) is 0 Å². The molecule has 106 valence electrons. The Morgan fingerprint density at radius 3 is 2.37 bits per heavy atom. The third kappa shape index (κ3) is 4.30. The first-order chi connectivity index (χ1) is 9.00. The minimum absolute atomic E-state index is 0.400. The molecule has 0 amide bonds. The molecular formula is C16H25BrN2.